The highest BCUT2D eigenvalue weighted by Crippen LogP contribution is 2.12. The molecule has 2 aromatic rings. The monoisotopic (exact) mass is 322 g/mol. The molecular formula is C20H22N2O2. The van der Waals surface area contributed by atoms with E-state index in [2.05, 4.69) is 17.2 Å². The third-order valence-electron chi connectivity index (χ3n) is 3.38. The number of hydrogen-bond acceptors (Lipinski definition) is 3. The zero-order valence-corrected chi connectivity index (χ0v) is 14.3. The van der Waals surface area contributed by atoms with Crippen molar-refractivity contribution in [3.05, 3.63) is 59.7 Å². The van der Waals surface area contributed by atoms with Crippen LogP contribution in [0.3, 0.4) is 0 Å². The lowest BCUT2D eigenvalue weighted by molar-refractivity contribution is 0.0958. The number of amides is 1. The summed E-state index contributed by atoms with van der Waals surface area (Å²) in [5.74, 6) is 6.62. The SMILES string of the molecule is CCOc1ccc(C(=O)NCC#Cc2ccc(N(C)C)cc2)cc1. The van der Waals surface area contributed by atoms with Crippen molar-refractivity contribution < 1.29 is 9.53 Å². The van der Waals surface area contributed by atoms with E-state index in [-0.39, 0.29) is 5.91 Å². The molecule has 4 heteroatoms. The number of carbonyl (C=O) groups is 1. The molecule has 24 heavy (non-hydrogen) atoms. The molecule has 2 rings (SSSR count). The lowest BCUT2D eigenvalue weighted by atomic mass is 10.2. The number of hydrogen-bond donors (Lipinski definition) is 1. The number of rotatable bonds is 5. The molecular weight excluding hydrogens is 300 g/mol. The average molecular weight is 322 g/mol. The standard InChI is InChI=1S/C20H22N2O2/c1-4-24-19-13-9-17(10-14-19)20(23)21-15-5-6-16-7-11-18(12-8-16)22(2)3/h7-14H,4,15H2,1-3H3,(H,21,23). The molecule has 0 aromatic heterocycles. The van der Waals surface area contributed by atoms with E-state index in [1.807, 2.05) is 50.2 Å². The summed E-state index contributed by atoms with van der Waals surface area (Å²) >= 11 is 0. The van der Waals surface area contributed by atoms with Crippen LogP contribution in [-0.4, -0.2) is 33.2 Å². The Morgan fingerprint density at radius 3 is 2.33 bits per heavy atom. The van der Waals surface area contributed by atoms with Crippen LogP contribution in [0.25, 0.3) is 0 Å². The van der Waals surface area contributed by atoms with E-state index in [0.717, 1.165) is 17.0 Å². The van der Waals surface area contributed by atoms with Crippen LogP contribution in [0.1, 0.15) is 22.8 Å². The van der Waals surface area contributed by atoms with Crippen LogP contribution in [0.4, 0.5) is 5.69 Å². The van der Waals surface area contributed by atoms with Crippen LogP contribution in [0.2, 0.25) is 0 Å². The molecule has 1 N–H and O–H groups in total. The van der Waals surface area contributed by atoms with Gasteiger partial charge in [-0.1, -0.05) is 11.8 Å². The van der Waals surface area contributed by atoms with E-state index >= 15 is 0 Å². The van der Waals surface area contributed by atoms with Crippen molar-refractivity contribution in [2.24, 2.45) is 0 Å². The second-order valence-corrected chi connectivity index (χ2v) is 5.38. The smallest absolute Gasteiger partial charge is 0.252 e. The van der Waals surface area contributed by atoms with Crippen molar-refractivity contribution in [3.63, 3.8) is 0 Å². The summed E-state index contributed by atoms with van der Waals surface area (Å²) < 4.78 is 5.35. The summed E-state index contributed by atoms with van der Waals surface area (Å²) in [5.41, 5.74) is 2.65. The summed E-state index contributed by atoms with van der Waals surface area (Å²) in [6, 6.07) is 15.0. The van der Waals surface area contributed by atoms with Crippen LogP contribution in [-0.2, 0) is 0 Å². The quantitative estimate of drug-likeness (QED) is 0.861. The van der Waals surface area contributed by atoms with Crippen LogP contribution in [0.15, 0.2) is 48.5 Å². The number of ether oxygens (including phenoxy) is 1. The molecule has 0 fully saturated rings. The molecule has 0 heterocycles. The third-order valence-corrected chi connectivity index (χ3v) is 3.38. The molecule has 0 saturated carbocycles. The Morgan fingerprint density at radius 2 is 1.75 bits per heavy atom. The molecule has 0 aliphatic rings. The first-order chi connectivity index (χ1) is 11.6. The van der Waals surface area contributed by atoms with Gasteiger partial charge in [0.25, 0.3) is 5.91 Å². The first kappa shape index (κ1) is 17.4. The maximum absolute atomic E-state index is 12.0. The highest BCUT2D eigenvalue weighted by atomic mass is 16.5. The number of nitrogens with zero attached hydrogens (tertiary/aromatic N) is 1. The predicted octanol–water partition coefficient (Wildman–Crippen LogP) is 2.93. The minimum atomic E-state index is -0.143. The maximum atomic E-state index is 12.0. The highest BCUT2D eigenvalue weighted by Gasteiger charge is 2.03. The van der Waals surface area contributed by atoms with E-state index in [0.29, 0.717) is 18.7 Å². The Hall–Kier alpha value is -2.93. The maximum Gasteiger partial charge on any atom is 0.252 e. The van der Waals surface area contributed by atoms with E-state index in [9.17, 15) is 4.79 Å². The Morgan fingerprint density at radius 1 is 1.08 bits per heavy atom. The minimum absolute atomic E-state index is 0.143. The average Bonchev–Trinajstić information content (AvgIpc) is 2.60. The Labute approximate surface area is 143 Å². The fourth-order valence-electron chi connectivity index (χ4n) is 2.08. The van der Waals surface area contributed by atoms with Crippen molar-refractivity contribution in [2.75, 3.05) is 32.1 Å². The van der Waals surface area contributed by atoms with Crippen molar-refractivity contribution in [1.29, 1.82) is 0 Å². The zero-order valence-electron chi connectivity index (χ0n) is 14.3. The summed E-state index contributed by atoms with van der Waals surface area (Å²) in [4.78, 5) is 14.1. The summed E-state index contributed by atoms with van der Waals surface area (Å²) in [6.07, 6.45) is 0. The molecule has 0 aliphatic carbocycles. The minimum Gasteiger partial charge on any atom is -0.494 e. The largest absolute Gasteiger partial charge is 0.494 e. The van der Waals surface area contributed by atoms with Gasteiger partial charge in [-0.3, -0.25) is 4.79 Å². The van der Waals surface area contributed by atoms with Gasteiger partial charge in [-0.15, -0.1) is 0 Å². The van der Waals surface area contributed by atoms with Gasteiger partial charge in [0.15, 0.2) is 0 Å². The molecule has 0 aliphatic heterocycles. The summed E-state index contributed by atoms with van der Waals surface area (Å²) in [6.45, 7) is 2.84. The second-order valence-electron chi connectivity index (χ2n) is 5.38. The first-order valence-corrected chi connectivity index (χ1v) is 7.87. The van der Waals surface area contributed by atoms with Crippen molar-refractivity contribution in [2.45, 2.75) is 6.92 Å². The van der Waals surface area contributed by atoms with Gasteiger partial charge in [0.1, 0.15) is 5.75 Å². The first-order valence-electron chi connectivity index (χ1n) is 7.87. The van der Waals surface area contributed by atoms with E-state index in [1.54, 1.807) is 24.3 Å². The molecule has 1 amide bonds. The van der Waals surface area contributed by atoms with E-state index in [1.165, 1.54) is 0 Å². The fourth-order valence-corrected chi connectivity index (χ4v) is 2.08. The van der Waals surface area contributed by atoms with Gasteiger partial charge in [0.05, 0.1) is 13.2 Å². The van der Waals surface area contributed by atoms with Crippen molar-refractivity contribution in [1.82, 2.24) is 5.32 Å². The predicted molar refractivity (Wildman–Crippen MR) is 97.6 cm³/mol. The molecule has 2 aromatic carbocycles. The molecule has 4 nitrogen and oxygen atoms in total. The van der Waals surface area contributed by atoms with Crippen LogP contribution in [0.5, 0.6) is 5.75 Å². The van der Waals surface area contributed by atoms with Gasteiger partial charge in [0.2, 0.25) is 0 Å². The van der Waals surface area contributed by atoms with Gasteiger partial charge in [-0.2, -0.15) is 0 Å². The van der Waals surface area contributed by atoms with E-state index in [4.69, 9.17) is 4.74 Å². The normalized spacial score (nSPS) is 9.62. The van der Waals surface area contributed by atoms with Gasteiger partial charge >= 0.3 is 0 Å². The van der Waals surface area contributed by atoms with E-state index < -0.39 is 0 Å². The molecule has 0 bridgehead atoms. The number of nitrogens with one attached hydrogen (secondary N) is 1. The van der Waals surface area contributed by atoms with Gasteiger partial charge < -0.3 is 15.0 Å². The lowest BCUT2D eigenvalue weighted by Crippen LogP contribution is -2.23. The number of carbonyl (C=O) groups excluding carboxylic acids is 1. The van der Waals surface area contributed by atoms with Crippen molar-refractivity contribution in [3.8, 4) is 17.6 Å². The summed E-state index contributed by atoms with van der Waals surface area (Å²) in [7, 11) is 3.99. The molecule has 0 radical (unpaired) electrons. The van der Waals surface area contributed by atoms with Gasteiger partial charge in [0, 0.05) is 30.9 Å². The summed E-state index contributed by atoms with van der Waals surface area (Å²) in [5, 5.41) is 2.79. The van der Waals surface area contributed by atoms with Crippen LogP contribution >= 0.6 is 0 Å². The van der Waals surface area contributed by atoms with Crippen molar-refractivity contribution >= 4 is 11.6 Å². The Bertz CT molecular complexity index is 723. The van der Waals surface area contributed by atoms with Gasteiger partial charge in [-0.05, 0) is 55.5 Å². The zero-order chi connectivity index (χ0) is 17.4. The highest BCUT2D eigenvalue weighted by molar-refractivity contribution is 5.94. The third kappa shape index (κ3) is 5.06. The number of anilines is 1. The molecule has 0 spiro atoms. The van der Waals surface area contributed by atoms with Crippen LogP contribution in [0, 0.1) is 11.8 Å². The Balaban J connectivity index is 1.86. The molecule has 124 valence electrons. The van der Waals surface area contributed by atoms with Gasteiger partial charge in [-0.25, -0.2) is 0 Å². The molecule has 0 saturated heterocycles. The number of benzene rings is 2. The molecule has 0 unspecified atom stereocenters. The second kappa shape index (κ2) is 8.64. The Kier molecular flexibility index (Phi) is 6.27. The fraction of sp³-hybridized carbons (Fsp3) is 0.250. The lowest BCUT2D eigenvalue weighted by Gasteiger charge is -2.11. The topological polar surface area (TPSA) is 41.6 Å². The molecule has 0 atom stereocenters. The van der Waals surface area contributed by atoms with Crippen LogP contribution < -0.4 is 15.0 Å².